The minimum atomic E-state index is -3.13. The molecule has 0 aromatic heterocycles. The van der Waals surface area contributed by atoms with Crippen LogP contribution in [0, 0.1) is 0 Å². The zero-order valence-corrected chi connectivity index (χ0v) is 17.2. The third kappa shape index (κ3) is 4.67. The highest BCUT2D eigenvalue weighted by Crippen LogP contribution is 2.39. The molecule has 28 heavy (non-hydrogen) atoms. The summed E-state index contributed by atoms with van der Waals surface area (Å²) in [5.41, 5.74) is 0.0828. The van der Waals surface area contributed by atoms with Crippen molar-refractivity contribution in [2.24, 2.45) is 0 Å². The van der Waals surface area contributed by atoms with Crippen molar-refractivity contribution in [3.8, 4) is 17.2 Å². The summed E-state index contributed by atoms with van der Waals surface area (Å²) in [6.07, 6.45) is 0.388. The summed E-state index contributed by atoms with van der Waals surface area (Å²) in [6, 6.07) is 2.59. The van der Waals surface area contributed by atoms with E-state index in [0.717, 1.165) is 0 Å². The smallest absolute Gasteiger partial charge is 0.342 e. The van der Waals surface area contributed by atoms with E-state index in [2.05, 4.69) is 0 Å². The number of hydrogen-bond donors (Lipinski definition) is 0. The number of esters is 1. The van der Waals surface area contributed by atoms with Crippen LogP contribution in [0.5, 0.6) is 17.2 Å². The molecule has 1 aliphatic heterocycles. The molecule has 10 heteroatoms. The number of methoxy groups -OCH3 is 3. The number of benzene rings is 1. The van der Waals surface area contributed by atoms with Crippen molar-refractivity contribution in [3.63, 3.8) is 0 Å². The molecule has 0 radical (unpaired) electrons. The van der Waals surface area contributed by atoms with Gasteiger partial charge in [0.15, 0.2) is 27.9 Å². The Kier molecular flexibility index (Phi) is 7.11. The van der Waals surface area contributed by atoms with E-state index in [9.17, 15) is 18.0 Å². The molecule has 1 amide bonds. The van der Waals surface area contributed by atoms with Crippen molar-refractivity contribution in [2.75, 3.05) is 46.0 Å². The first kappa shape index (κ1) is 21.8. The van der Waals surface area contributed by atoms with Gasteiger partial charge in [-0.2, -0.15) is 0 Å². The summed E-state index contributed by atoms with van der Waals surface area (Å²) in [7, 11) is 1.11. The first-order valence-electron chi connectivity index (χ1n) is 8.73. The molecule has 1 saturated heterocycles. The van der Waals surface area contributed by atoms with E-state index in [1.54, 1.807) is 6.92 Å². The van der Waals surface area contributed by atoms with Gasteiger partial charge in [-0.25, -0.2) is 13.2 Å². The number of carbonyl (C=O) groups excluding carboxylic acids is 2. The van der Waals surface area contributed by atoms with Crippen LogP contribution in [-0.4, -0.2) is 77.2 Å². The Bertz CT molecular complexity index is 836. The Morgan fingerprint density at radius 2 is 1.79 bits per heavy atom. The van der Waals surface area contributed by atoms with Gasteiger partial charge in [0.1, 0.15) is 5.56 Å². The van der Waals surface area contributed by atoms with E-state index >= 15 is 0 Å². The van der Waals surface area contributed by atoms with Crippen LogP contribution in [0.1, 0.15) is 23.7 Å². The Balaban J connectivity index is 2.10. The summed E-state index contributed by atoms with van der Waals surface area (Å²) in [5.74, 6) is -0.468. The first-order chi connectivity index (χ1) is 13.3. The normalized spacial score (nSPS) is 17.6. The molecule has 0 saturated carbocycles. The molecule has 0 bridgehead atoms. The minimum absolute atomic E-state index is 0.0596. The van der Waals surface area contributed by atoms with Crippen LogP contribution in [-0.2, 0) is 19.4 Å². The van der Waals surface area contributed by atoms with Crippen molar-refractivity contribution >= 4 is 21.7 Å². The second-order valence-corrected chi connectivity index (χ2v) is 8.42. The van der Waals surface area contributed by atoms with Crippen LogP contribution in [0.15, 0.2) is 12.1 Å². The molecular weight excluding hydrogens is 390 g/mol. The first-order valence-corrected chi connectivity index (χ1v) is 10.6. The summed E-state index contributed by atoms with van der Waals surface area (Å²) < 4.78 is 44.1. The van der Waals surface area contributed by atoms with Crippen molar-refractivity contribution < 1.29 is 37.0 Å². The van der Waals surface area contributed by atoms with E-state index in [-0.39, 0.29) is 28.6 Å². The van der Waals surface area contributed by atoms with Gasteiger partial charge in [-0.05, 0) is 25.5 Å². The van der Waals surface area contributed by atoms with Crippen LogP contribution in [0.2, 0.25) is 0 Å². The van der Waals surface area contributed by atoms with Crippen LogP contribution < -0.4 is 14.2 Å². The molecule has 1 heterocycles. The van der Waals surface area contributed by atoms with Gasteiger partial charge >= 0.3 is 5.97 Å². The minimum Gasteiger partial charge on any atom is -0.493 e. The lowest BCUT2D eigenvalue weighted by Gasteiger charge is -2.26. The molecule has 1 aromatic rings. The molecule has 0 spiro atoms. The van der Waals surface area contributed by atoms with Crippen LogP contribution in [0.25, 0.3) is 0 Å². The molecule has 9 nitrogen and oxygen atoms in total. The van der Waals surface area contributed by atoms with Crippen molar-refractivity contribution in [1.29, 1.82) is 0 Å². The number of likely N-dealkylation sites (N-methyl/N-ethyl adjacent to an activating group) is 1. The lowest BCUT2D eigenvalue weighted by molar-refractivity contribution is -0.136. The van der Waals surface area contributed by atoms with Gasteiger partial charge in [0, 0.05) is 12.6 Å². The number of rotatable bonds is 8. The predicted octanol–water partition coefficient (Wildman–Crippen LogP) is 0.905. The number of hydrogen-bond acceptors (Lipinski definition) is 8. The van der Waals surface area contributed by atoms with Crippen molar-refractivity contribution in [3.05, 3.63) is 17.7 Å². The monoisotopic (exact) mass is 415 g/mol. The third-order valence-electron chi connectivity index (χ3n) is 4.56. The van der Waals surface area contributed by atoms with Gasteiger partial charge in [-0.3, -0.25) is 4.79 Å². The standard InChI is InChI=1S/C18H25NO8S/c1-5-19(12-8-9-28(22,23)11-12)15(20)10-27-18(21)13-6-7-14(24-2)17(26-4)16(13)25-3/h6-7,12H,5,8-11H2,1-4H3/t12-/m0/s1. The maximum Gasteiger partial charge on any atom is 0.342 e. The Morgan fingerprint density at radius 3 is 2.29 bits per heavy atom. The summed E-state index contributed by atoms with van der Waals surface area (Å²) in [4.78, 5) is 26.4. The molecule has 1 atom stereocenters. The summed E-state index contributed by atoms with van der Waals surface area (Å²) in [6.45, 7) is 1.58. The fraction of sp³-hybridized carbons (Fsp3) is 0.556. The molecule has 156 valence electrons. The maximum atomic E-state index is 12.5. The summed E-state index contributed by atoms with van der Waals surface area (Å²) >= 11 is 0. The number of amides is 1. The zero-order valence-electron chi connectivity index (χ0n) is 16.4. The van der Waals surface area contributed by atoms with Gasteiger partial charge in [0.2, 0.25) is 5.75 Å². The van der Waals surface area contributed by atoms with Gasteiger partial charge in [-0.15, -0.1) is 0 Å². The lowest BCUT2D eigenvalue weighted by atomic mass is 10.1. The third-order valence-corrected chi connectivity index (χ3v) is 6.31. The van der Waals surface area contributed by atoms with Crippen molar-refractivity contribution in [2.45, 2.75) is 19.4 Å². The van der Waals surface area contributed by atoms with E-state index < -0.39 is 34.4 Å². The molecule has 0 N–H and O–H groups in total. The molecule has 0 aliphatic carbocycles. The quantitative estimate of drug-likeness (QED) is 0.577. The van der Waals surface area contributed by atoms with Crippen molar-refractivity contribution in [1.82, 2.24) is 4.90 Å². The van der Waals surface area contributed by atoms with Gasteiger partial charge in [0.05, 0.1) is 32.8 Å². The number of carbonyl (C=O) groups is 2. The number of sulfone groups is 1. The van der Waals surface area contributed by atoms with Crippen LogP contribution in [0.4, 0.5) is 0 Å². The maximum absolute atomic E-state index is 12.5. The van der Waals surface area contributed by atoms with E-state index in [1.165, 1.54) is 38.4 Å². The second-order valence-electron chi connectivity index (χ2n) is 6.19. The summed E-state index contributed by atoms with van der Waals surface area (Å²) in [5, 5.41) is 0. The Morgan fingerprint density at radius 1 is 1.11 bits per heavy atom. The molecule has 2 rings (SSSR count). The zero-order chi connectivity index (χ0) is 20.9. The number of ether oxygens (including phenoxy) is 4. The van der Waals surface area contributed by atoms with Gasteiger partial charge in [0.25, 0.3) is 5.91 Å². The van der Waals surface area contributed by atoms with E-state index in [0.29, 0.717) is 18.7 Å². The average molecular weight is 415 g/mol. The highest BCUT2D eigenvalue weighted by Gasteiger charge is 2.34. The molecular formula is C18H25NO8S. The van der Waals surface area contributed by atoms with E-state index in [1.807, 2.05) is 0 Å². The molecule has 0 unspecified atom stereocenters. The Labute approximate surface area is 164 Å². The fourth-order valence-corrected chi connectivity index (χ4v) is 4.94. The fourth-order valence-electron chi connectivity index (χ4n) is 3.21. The topological polar surface area (TPSA) is 108 Å². The Hall–Kier alpha value is -2.49. The predicted molar refractivity (Wildman–Crippen MR) is 101 cm³/mol. The molecule has 1 aromatic carbocycles. The highest BCUT2D eigenvalue weighted by molar-refractivity contribution is 7.91. The average Bonchev–Trinajstić information content (AvgIpc) is 3.04. The van der Waals surface area contributed by atoms with Crippen LogP contribution in [0.3, 0.4) is 0 Å². The largest absolute Gasteiger partial charge is 0.493 e. The molecule has 1 aliphatic rings. The lowest BCUT2D eigenvalue weighted by Crippen LogP contribution is -2.43. The van der Waals surface area contributed by atoms with Crippen LogP contribution >= 0.6 is 0 Å². The van der Waals surface area contributed by atoms with E-state index in [4.69, 9.17) is 18.9 Å². The molecule has 1 fully saturated rings. The number of nitrogens with zero attached hydrogens (tertiary/aromatic N) is 1. The second kappa shape index (κ2) is 9.13. The van der Waals surface area contributed by atoms with Gasteiger partial charge < -0.3 is 23.8 Å². The SMILES string of the molecule is CCN(C(=O)COC(=O)c1ccc(OC)c(OC)c1OC)[C@H]1CCS(=O)(=O)C1. The highest BCUT2D eigenvalue weighted by atomic mass is 32.2. The van der Waals surface area contributed by atoms with Gasteiger partial charge in [-0.1, -0.05) is 0 Å².